The van der Waals surface area contributed by atoms with Crippen LogP contribution in [0.4, 0.5) is 10.5 Å². The Hall–Kier alpha value is -3.69. The Morgan fingerprint density at radius 2 is 2.00 bits per heavy atom. The lowest BCUT2D eigenvalue weighted by Crippen LogP contribution is -2.43. The minimum absolute atomic E-state index is 0.131. The molecular weight excluding hydrogens is 356 g/mol. The van der Waals surface area contributed by atoms with Crippen LogP contribution in [-0.4, -0.2) is 34.2 Å². The number of hydrogen-bond donors (Lipinski definition) is 2. The standard InChI is InChI=1S/C17H16N4O6/c1-17(11-4-6-12(7-5-11)21(25)26)15(23)20(16(24)19-17)10-14(22)18-9-13-3-2-8-27-13/h2-8H,9-10H2,1H3,(H,18,22)(H,19,24)/t17-/m1/s1. The van der Waals surface area contributed by atoms with Crippen molar-refractivity contribution in [2.75, 3.05) is 6.54 Å². The van der Waals surface area contributed by atoms with E-state index < -0.39 is 34.9 Å². The number of imide groups is 1. The third-order valence-electron chi connectivity index (χ3n) is 4.27. The van der Waals surface area contributed by atoms with Gasteiger partial charge < -0.3 is 15.1 Å². The van der Waals surface area contributed by atoms with Crippen LogP contribution in [0.5, 0.6) is 0 Å². The Kier molecular flexibility index (Phi) is 4.63. The number of furan rings is 1. The average molecular weight is 372 g/mol. The largest absolute Gasteiger partial charge is 0.467 e. The van der Waals surface area contributed by atoms with Crippen LogP contribution in [0.1, 0.15) is 18.2 Å². The summed E-state index contributed by atoms with van der Waals surface area (Å²) in [5.74, 6) is -0.603. The van der Waals surface area contributed by atoms with E-state index in [9.17, 15) is 24.5 Å². The van der Waals surface area contributed by atoms with Crippen molar-refractivity contribution in [3.8, 4) is 0 Å². The fourth-order valence-electron chi connectivity index (χ4n) is 2.75. The summed E-state index contributed by atoms with van der Waals surface area (Å²) in [5, 5.41) is 15.9. The highest BCUT2D eigenvalue weighted by atomic mass is 16.6. The van der Waals surface area contributed by atoms with Gasteiger partial charge in [-0.15, -0.1) is 0 Å². The Balaban J connectivity index is 1.69. The predicted molar refractivity (Wildman–Crippen MR) is 91.2 cm³/mol. The Morgan fingerprint density at radius 1 is 1.30 bits per heavy atom. The van der Waals surface area contributed by atoms with Crippen molar-refractivity contribution in [1.29, 1.82) is 0 Å². The molecule has 27 heavy (non-hydrogen) atoms. The van der Waals surface area contributed by atoms with Crippen LogP contribution in [0.3, 0.4) is 0 Å². The number of hydrogen-bond acceptors (Lipinski definition) is 6. The van der Waals surface area contributed by atoms with Crippen molar-refractivity contribution in [2.24, 2.45) is 0 Å². The molecule has 1 saturated heterocycles. The molecule has 140 valence electrons. The van der Waals surface area contributed by atoms with Crippen molar-refractivity contribution in [1.82, 2.24) is 15.5 Å². The van der Waals surface area contributed by atoms with E-state index >= 15 is 0 Å². The first-order valence-corrected chi connectivity index (χ1v) is 7.99. The van der Waals surface area contributed by atoms with Crippen molar-refractivity contribution in [2.45, 2.75) is 19.0 Å². The van der Waals surface area contributed by atoms with Crippen LogP contribution in [0.2, 0.25) is 0 Å². The summed E-state index contributed by atoms with van der Waals surface area (Å²) in [6.45, 7) is 1.16. The summed E-state index contributed by atoms with van der Waals surface area (Å²) in [4.78, 5) is 48.0. The summed E-state index contributed by atoms with van der Waals surface area (Å²) < 4.78 is 5.09. The lowest BCUT2D eigenvalue weighted by Gasteiger charge is -2.22. The number of amides is 4. The van der Waals surface area contributed by atoms with Gasteiger partial charge in [0.05, 0.1) is 17.7 Å². The van der Waals surface area contributed by atoms with Crippen molar-refractivity contribution in [3.05, 3.63) is 64.1 Å². The number of nitro groups is 1. The predicted octanol–water partition coefficient (Wildman–Crippen LogP) is 1.27. The van der Waals surface area contributed by atoms with Crippen molar-refractivity contribution in [3.63, 3.8) is 0 Å². The summed E-state index contributed by atoms with van der Waals surface area (Å²) in [6, 6.07) is 7.94. The van der Waals surface area contributed by atoms with Crippen molar-refractivity contribution >= 4 is 23.5 Å². The Bertz CT molecular complexity index is 893. The highest BCUT2D eigenvalue weighted by molar-refractivity contribution is 6.09. The van der Waals surface area contributed by atoms with E-state index in [1.165, 1.54) is 37.5 Å². The summed E-state index contributed by atoms with van der Waals surface area (Å²) in [7, 11) is 0. The van der Waals surface area contributed by atoms with E-state index in [1.807, 2.05) is 0 Å². The fraction of sp³-hybridized carbons (Fsp3) is 0.235. The third kappa shape index (κ3) is 3.50. The maximum absolute atomic E-state index is 12.7. The van der Waals surface area contributed by atoms with Gasteiger partial charge in [-0.2, -0.15) is 0 Å². The van der Waals surface area contributed by atoms with Crippen LogP contribution < -0.4 is 10.6 Å². The van der Waals surface area contributed by atoms with Gasteiger partial charge in [-0.05, 0) is 36.8 Å². The fourth-order valence-corrected chi connectivity index (χ4v) is 2.75. The minimum Gasteiger partial charge on any atom is -0.467 e. The van der Waals surface area contributed by atoms with E-state index in [0.29, 0.717) is 11.3 Å². The number of carbonyl (C=O) groups is 3. The molecule has 0 saturated carbocycles. The second kappa shape index (κ2) is 6.90. The van der Waals surface area contributed by atoms with Gasteiger partial charge in [0.1, 0.15) is 17.8 Å². The molecule has 3 rings (SSSR count). The van der Waals surface area contributed by atoms with Crippen molar-refractivity contribution < 1.29 is 23.7 Å². The molecule has 1 aliphatic rings. The lowest BCUT2D eigenvalue weighted by atomic mass is 9.92. The topological polar surface area (TPSA) is 135 Å². The molecule has 1 fully saturated rings. The molecule has 2 N–H and O–H groups in total. The highest BCUT2D eigenvalue weighted by Gasteiger charge is 2.49. The van der Waals surface area contributed by atoms with E-state index in [0.717, 1.165) is 4.90 Å². The van der Waals surface area contributed by atoms with Gasteiger partial charge in [0, 0.05) is 12.1 Å². The van der Waals surface area contributed by atoms with Gasteiger partial charge in [-0.1, -0.05) is 0 Å². The molecule has 10 nitrogen and oxygen atoms in total. The molecule has 10 heteroatoms. The van der Waals surface area contributed by atoms with Crippen LogP contribution in [0.15, 0.2) is 47.1 Å². The van der Waals surface area contributed by atoms with E-state index in [-0.39, 0.29) is 12.2 Å². The van der Waals surface area contributed by atoms with Crippen LogP contribution >= 0.6 is 0 Å². The average Bonchev–Trinajstić information content (AvgIpc) is 3.23. The maximum atomic E-state index is 12.7. The Morgan fingerprint density at radius 3 is 2.59 bits per heavy atom. The number of carbonyl (C=O) groups excluding carboxylic acids is 3. The first kappa shape index (κ1) is 18.1. The van der Waals surface area contributed by atoms with E-state index in [2.05, 4.69) is 10.6 Å². The summed E-state index contributed by atoms with van der Waals surface area (Å²) >= 11 is 0. The SMILES string of the molecule is C[C@]1(c2ccc([N+](=O)[O-])cc2)NC(=O)N(CC(=O)NCc2ccco2)C1=O. The minimum atomic E-state index is -1.41. The zero-order valence-corrected chi connectivity index (χ0v) is 14.3. The second-order valence-corrected chi connectivity index (χ2v) is 6.11. The van der Waals surface area contributed by atoms with Crippen LogP contribution in [0, 0.1) is 10.1 Å². The van der Waals surface area contributed by atoms with E-state index in [4.69, 9.17) is 4.42 Å². The second-order valence-electron chi connectivity index (χ2n) is 6.11. The Labute approximate surface area is 153 Å². The molecule has 0 unspecified atom stereocenters. The lowest BCUT2D eigenvalue weighted by molar-refractivity contribution is -0.384. The van der Waals surface area contributed by atoms with Gasteiger partial charge in [0.25, 0.3) is 11.6 Å². The smallest absolute Gasteiger partial charge is 0.325 e. The number of nitrogens with one attached hydrogen (secondary N) is 2. The molecule has 4 amide bonds. The quantitative estimate of drug-likeness (QED) is 0.445. The zero-order chi connectivity index (χ0) is 19.6. The first-order valence-electron chi connectivity index (χ1n) is 7.99. The number of non-ortho nitro benzene ring substituents is 1. The highest BCUT2D eigenvalue weighted by Crippen LogP contribution is 2.29. The summed E-state index contributed by atoms with van der Waals surface area (Å²) in [5.41, 5.74) is -1.16. The monoisotopic (exact) mass is 372 g/mol. The van der Waals surface area contributed by atoms with Crippen LogP contribution in [-0.2, 0) is 21.7 Å². The van der Waals surface area contributed by atoms with Gasteiger partial charge >= 0.3 is 6.03 Å². The van der Waals surface area contributed by atoms with Gasteiger partial charge in [0.2, 0.25) is 5.91 Å². The third-order valence-corrected chi connectivity index (χ3v) is 4.27. The molecule has 0 bridgehead atoms. The normalized spacial score (nSPS) is 19.1. The zero-order valence-electron chi connectivity index (χ0n) is 14.3. The number of rotatable bonds is 6. The molecule has 0 radical (unpaired) electrons. The molecule has 1 atom stereocenters. The molecule has 0 spiro atoms. The maximum Gasteiger partial charge on any atom is 0.325 e. The van der Waals surface area contributed by atoms with Gasteiger partial charge in [0.15, 0.2) is 0 Å². The molecule has 2 heterocycles. The molecule has 0 aliphatic carbocycles. The van der Waals surface area contributed by atoms with Gasteiger partial charge in [-0.25, -0.2) is 4.79 Å². The number of benzene rings is 1. The summed E-state index contributed by atoms with van der Waals surface area (Å²) in [6.07, 6.45) is 1.47. The molecular formula is C17H16N4O6. The number of nitrogens with zero attached hydrogens (tertiary/aromatic N) is 2. The molecule has 2 aromatic rings. The van der Waals surface area contributed by atoms with Crippen LogP contribution in [0.25, 0.3) is 0 Å². The molecule has 1 aromatic carbocycles. The number of nitro benzene ring substituents is 1. The van der Waals surface area contributed by atoms with Gasteiger partial charge in [-0.3, -0.25) is 24.6 Å². The molecule has 1 aliphatic heterocycles. The first-order chi connectivity index (χ1) is 12.8. The molecule has 1 aromatic heterocycles. The van der Waals surface area contributed by atoms with E-state index in [1.54, 1.807) is 12.1 Å². The number of urea groups is 1.